The van der Waals surface area contributed by atoms with E-state index in [1.807, 2.05) is 49.4 Å². The van der Waals surface area contributed by atoms with E-state index >= 15 is 0 Å². The Hall–Kier alpha value is -2.62. The highest BCUT2D eigenvalue weighted by molar-refractivity contribution is 7.95. The number of aliphatic hydroxyl groups is 2. The zero-order chi connectivity index (χ0) is 35.8. The number of hydrogen-bond acceptors (Lipinski definition) is 11. The number of amides is 1. The third-order valence-electron chi connectivity index (χ3n) is 9.50. The fourth-order valence-corrected chi connectivity index (χ4v) is 11.9. The quantitative estimate of drug-likeness (QED) is 0.102. The number of ether oxygens (including phenoxy) is 1. The summed E-state index contributed by atoms with van der Waals surface area (Å²) in [6, 6.07) is 11.0. The van der Waals surface area contributed by atoms with Gasteiger partial charge in [-0.15, -0.1) is 11.3 Å². The summed E-state index contributed by atoms with van der Waals surface area (Å²) in [5, 5.41) is 24.1. The average Bonchev–Trinajstić information content (AvgIpc) is 3.62. The lowest BCUT2D eigenvalue weighted by Crippen LogP contribution is -2.33. The molecule has 0 bridgehead atoms. The number of nitrogens with one attached hydrogen (secondary N) is 2. The van der Waals surface area contributed by atoms with E-state index in [0.717, 1.165) is 12.0 Å². The summed E-state index contributed by atoms with van der Waals surface area (Å²) in [7, 11) is -7.91. The molecule has 2 aromatic rings. The standard InChI is InChI=1S/C35H50N2O9S3/c1-4-36-30-20-23(2)48(42,43)35-29(30)21-34(47-35)49(44,45)37-33(41)15-11-6-5-10-14-27-28(32(22-31(27)40)46-24(3)38)19-18-26(39)17-16-25-12-8-7-9-13-25/h5,7-10,12-13,21,23,26-28,30-32,36,39-40H,4,6,11,14-20,22H2,1-3H3,(H,37,41)/b10-5-/t23-,26+,27-,28-,30-,31+,32-/m1/s1. The summed E-state index contributed by atoms with van der Waals surface area (Å²) in [4.78, 5) is 24.4. The molecule has 1 amide bonds. The summed E-state index contributed by atoms with van der Waals surface area (Å²) >= 11 is 0.677. The molecule has 272 valence electrons. The summed E-state index contributed by atoms with van der Waals surface area (Å²) in [5.74, 6) is -1.36. The Morgan fingerprint density at radius 3 is 2.55 bits per heavy atom. The van der Waals surface area contributed by atoms with Crippen molar-refractivity contribution in [2.24, 2.45) is 11.8 Å². The molecule has 1 aliphatic heterocycles. The number of allylic oxidation sites excluding steroid dienone is 2. The lowest BCUT2D eigenvalue weighted by Gasteiger charge is -2.27. The van der Waals surface area contributed by atoms with E-state index in [0.29, 0.717) is 74.8 Å². The number of fused-ring (bicyclic) bond motifs is 1. The number of sulfone groups is 1. The van der Waals surface area contributed by atoms with Crippen LogP contribution in [0.5, 0.6) is 0 Å². The molecule has 11 nitrogen and oxygen atoms in total. The molecule has 0 radical (unpaired) electrons. The monoisotopic (exact) mass is 738 g/mol. The predicted octanol–water partition coefficient (Wildman–Crippen LogP) is 4.59. The molecule has 2 aliphatic rings. The van der Waals surface area contributed by atoms with Gasteiger partial charge in [0.15, 0.2) is 9.84 Å². The van der Waals surface area contributed by atoms with Crippen molar-refractivity contribution in [1.29, 1.82) is 0 Å². The molecule has 1 aromatic heterocycles. The van der Waals surface area contributed by atoms with E-state index in [1.165, 1.54) is 13.0 Å². The van der Waals surface area contributed by atoms with Crippen LogP contribution in [-0.2, 0) is 40.6 Å². The maximum absolute atomic E-state index is 13.0. The van der Waals surface area contributed by atoms with Crippen LogP contribution < -0.4 is 10.0 Å². The molecule has 7 atom stereocenters. The van der Waals surface area contributed by atoms with Crippen molar-refractivity contribution < 1.29 is 41.4 Å². The number of hydrogen-bond donors (Lipinski definition) is 4. The normalized spacial score (nSPS) is 25.6. The molecule has 2 heterocycles. The van der Waals surface area contributed by atoms with Crippen LogP contribution in [0, 0.1) is 11.8 Å². The van der Waals surface area contributed by atoms with Gasteiger partial charge in [-0.2, -0.15) is 0 Å². The first-order valence-electron chi connectivity index (χ1n) is 17.1. The van der Waals surface area contributed by atoms with Crippen molar-refractivity contribution in [2.75, 3.05) is 6.54 Å². The first-order chi connectivity index (χ1) is 23.2. The van der Waals surface area contributed by atoms with Gasteiger partial charge in [-0.05, 0) is 82.4 Å². The number of rotatable bonds is 17. The molecule has 1 saturated carbocycles. The van der Waals surface area contributed by atoms with Crippen LogP contribution in [0.4, 0.5) is 0 Å². The second-order valence-corrected chi connectivity index (χ2v) is 18.7. The fraction of sp³-hybridized carbons (Fsp3) is 0.600. The SMILES string of the molecule is CCN[C@@H]1C[C@@H](C)S(=O)(=O)c2sc(S(=O)(=O)NC(=O)CCC/C=C\C[C@@H]3[C@@H](CC[C@@H](O)CCc4ccccc4)[C@H](OC(C)=O)C[C@@H]3O)cc21. The van der Waals surface area contributed by atoms with Crippen LogP contribution in [0.3, 0.4) is 0 Å². The van der Waals surface area contributed by atoms with Gasteiger partial charge >= 0.3 is 5.97 Å². The number of aryl methyl sites for hydroxylation is 1. The molecule has 4 rings (SSSR count). The van der Waals surface area contributed by atoms with Crippen molar-refractivity contribution in [3.8, 4) is 0 Å². The number of aliphatic hydroxyl groups excluding tert-OH is 2. The van der Waals surface area contributed by atoms with Crippen molar-refractivity contribution in [3.63, 3.8) is 0 Å². The van der Waals surface area contributed by atoms with Crippen molar-refractivity contribution in [3.05, 3.63) is 59.7 Å². The highest BCUT2D eigenvalue weighted by Crippen LogP contribution is 2.43. The Kier molecular flexibility index (Phi) is 14.0. The highest BCUT2D eigenvalue weighted by atomic mass is 32.3. The fourth-order valence-electron chi connectivity index (χ4n) is 6.91. The topological polar surface area (TPSA) is 176 Å². The maximum Gasteiger partial charge on any atom is 0.302 e. The predicted molar refractivity (Wildman–Crippen MR) is 188 cm³/mol. The Morgan fingerprint density at radius 2 is 1.86 bits per heavy atom. The number of benzene rings is 1. The summed E-state index contributed by atoms with van der Waals surface area (Å²) < 4.78 is 59.3. The van der Waals surface area contributed by atoms with Crippen LogP contribution in [-0.4, -0.2) is 69.0 Å². The van der Waals surface area contributed by atoms with Gasteiger partial charge in [0, 0.05) is 37.3 Å². The molecule has 0 unspecified atom stereocenters. The first-order valence-corrected chi connectivity index (χ1v) is 21.0. The minimum Gasteiger partial charge on any atom is -0.462 e. The van der Waals surface area contributed by atoms with Gasteiger partial charge in [-0.1, -0.05) is 49.4 Å². The largest absolute Gasteiger partial charge is 0.462 e. The molecule has 1 aromatic carbocycles. The van der Waals surface area contributed by atoms with Gasteiger partial charge in [0.1, 0.15) is 14.5 Å². The summed E-state index contributed by atoms with van der Waals surface area (Å²) in [6.45, 7) is 5.45. The van der Waals surface area contributed by atoms with E-state index in [9.17, 15) is 36.6 Å². The number of esters is 1. The molecule has 49 heavy (non-hydrogen) atoms. The summed E-state index contributed by atoms with van der Waals surface area (Å²) in [6.07, 6.45) is 6.76. The van der Waals surface area contributed by atoms with Crippen LogP contribution in [0.25, 0.3) is 0 Å². The molecule has 0 spiro atoms. The zero-order valence-electron chi connectivity index (χ0n) is 28.4. The van der Waals surface area contributed by atoms with Crippen LogP contribution in [0.15, 0.2) is 57.0 Å². The molecule has 0 saturated heterocycles. The molecule has 1 aliphatic carbocycles. The number of carbonyl (C=O) groups is 2. The maximum atomic E-state index is 13.0. The smallest absolute Gasteiger partial charge is 0.302 e. The van der Waals surface area contributed by atoms with E-state index in [2.05, 4.69) is 10.0 Å². The average molecular weight is 739 g/mol. The van der Waals surface area contributed by atoms with Gasteiger partial charge in [0.2, 0.25) is 5.91 Å². The lowest BCUT2D eigenvalue weighted by atomic mass is 9.85. The third kappa shape index (κ3) is 10.5. The Labute approximate surface area is 294 Å². The second kappa shape index (κ2) is 17.5. The van der Waals surface area contributed by atoms with Gasteiger partial charge in [0.25, 0.3) is 10.0 Å². The third-order valence-corrected chi connectivity index (χ3v) is 15.2. The Bertz CT molecular complexity index is 1660. The number of thiophene rings is 1. The van der Waals surface area contributed by atoms with Gasteiger partial charge in [0.05, 0.1) is 17.5 Å². The Balaban J connectivity index is 1.26. The molecule has 14 heteroatoms. The van der Waals surface area contributed by atoms with Crippen LogP contribution in [0.2, 0.25) is 0 Å². The lowest BCUT2D eigenvalue weighted by molar-refractivity contribution is -0.148. The summed E-state index contributed by atoms with van der Waals surface area (Å²) in [5.41, 5.74) is 1.58. The van der Waals surface area contributed by atoms with E-state index in [1.54, 1.807) is 6.92 Å². The minimum absolute atomic E-state index is 0.0307. The molecular weight excluding hydrogens is 689 g/mol. The van der Waals surface area contributed by atoms with E-state index in [4.69, 9.17) is 4.74 Å². The van der Waals surface area contributed by atoms with Gasteiger partial charge in [-0.25, -0.2) is 21.6 Å². The number of sulfonamides is 1. The highest BCUT2D eigenvalue weighted by Gasteiger charge is 2.43. The number of carbonyl (C=O) groups excluding carboxylic acids is 2. The van der Waals surface area contributed by atoms with Crippen molar-refractivity contribution in [1.82, 2.24) is 10.0 Å². The van der Waals surface area contributed by atoms with Gasteiger partial charge < -0.3 is 20.3 Å². The Morgan fingerprint density at radius 1 is 1.12 bits per heavy atom. The van der Waals surface area contributed by atoms with Crippen LogP contribution >= 0.6 is 11.3 Å². The second-order valence-electron chi connectivity index (χ2n) is 13.2. The molecule has 4 N–H and O–H groups in total. The van der Waals surface area contributed by atoms with Crippen molar-refractivity contribution >= 4 is 43.1 Å². The molecule has 1 fully saturated rings. The zero-order valence-corrected chi connectivity index (χ0v) is 30.9. The minimum atomic E-state index is -4.25. The van der Waals surface area contributed by atoms with Gasteiger partial charge in [-0.3, -0.25) is 9.59 Å². The van der Waals surface area contributed by atoms with Crippen LogP contribution in [0.1, 0.15) is 95.7 Å². The van der Waals surface area contributed by atoms with E-state index in [-0.39, 0.29) is 32.7 Å². The van der Waals surface area contributed by atoms with E-state index < -0.39 is 55.3 Å². The molecular formula is C35H50N2O9S3. The van der Waals surface area contributed by atoms with Crippen molar-refractivity contribution in [2.45, 2.75) is 123 Å². The number of unbranched alkanes of at least 4 members (excludes halogenated alkanes) is 1. The first kappa shape index (κ1) is 39.2.